The summed E-state index contributed by atoms with van der Waals surface area (Å²) >= 11 is 0. The number of rotatable bonds is 24. The Balaban J connectivity index is 3.36. The van der Waals surface area contributed by atoms with Crippen LogP contribution in [0.1, 0.15) is 67.1 Å². The van der Waals surface area contributed by atoms with Gasteiger partial charge in [-0.05, 0) is 12.1 Å². The van der Waals surface area contributed by atoms with Crippen LogP contribution < -0.4 is 0 Å². The summed E-state index contributed by atoms with van der Waals surface area (Å²) in [4.78, 5) is 52.2. The highest BCUT2D eigenvalue weighted by Crippen LogP contribution is 2.22. The van der Waals surface area contributed by atoms with Crippen LogP contribution in [0.2, 0.25) is 0 Å². The molecule has 1 rings (SSSR count). The van der Waals surface area contributed by atoms with Crippen molar-refractivity contribution in [3.8, 4) is 0 Å². The second-order valence-corrected chi connectivity index (χ2v) is 8.05. The zero-order chi connectivity index (χ0) is 31.0. The Morgan fingerprint density at radius 2 is 0.643 bits per heavy atom. The molecular weight excluding hydrogens is 552 g/mol. The Kier molecular flexibility index (Phi) is 18.5. The molecule has 1 aromatic rings. The summed E-state index contributed by atoms with van der Waals surface area (Å²) in [5, 5.41) is 0. The van der Waals surface area contributed by atoms with Crippen molar-refractivity contribution < 1.29 is 57.1 Å². The Labute approximate surface area is 245 Å². The van der Waals surface area contributed by atoms with E-state index in [9.17, 15) is 19.2 Å². The minimum atomic E-state index is -0.925. The maximum absolute atomic E-state index is 13.0. The van der Waals surface area contributed by atoms with Crippen LogP contribution in [0.4, 0.5) is 0 Å². The lowest BCUT2D eigenvalue weighted by Gasteiger charge is -2.15. The summed E-state index contributed by atoms with van der Waals surface area (Å²) in [6.07, 6.45) is 6.35. The number of ether oxygens (including phenoxy) is 8. The third-order valence-electron chi connectivity index (χ3n) is 5.07. The minimum Gasteiger partial charge on any atom is -0.502 e. The summed E-state index contributed by atoms with van der Waals surface area (Å²) in [6.45, 7) is 14.5. The Morgan fingerprint density at radius 3 is 0.833 bits per heavy atom. The molecule has 0 saturated carbocycles. The highest BCUT2D eigenvalue weighted by atomic mass is 16.6. The van der Waals surface area contributed by atoms with Gasteiger partial charge >= 0.3 is 23.9 Å². The molecular formula is C30H38O12. The molecule has 0 aliphatic carbocycles. The summed E-state index contributed by atoms with van der Waals surface area (Å²) in [5.41, 5.74) is -1.20. The first-order valence-corrected chi connectivity index (χ1v) is 13.2. The van der Waals surface area contributed by atoms with Crippen molar-refractivity contribution in [1.82, 2.24) is 0 Å². The molecule has 0 aliphatic heterocycles. The predicted molar refractivity (Wildman–Crippen MR) is 151 cm³/mol. The van der Waals surface area contributed by atoms with Crippen LogP contribution in [0.3, 0.4) is 0 Å². The molecule has 1 aromatic carbocycles. The number of benzene rings is 1. The average molecular weight is 591 g/mol. The van der Waals surface area contributed by atoms with E-state index in [1.54, 1.807) is 0 Å². The van der Waals surface area contributed by atoms with Gasteiger partial charge in [0.25, 0.3) is 0 Å². The standard InChI is InChI=1S/C30H38O12/c1-5-35-13-9-17-39-27(31)23-21-25(29(33)41-19-11-15-37-7-3)26(30(34)42-20-12-16-38-8-4)22-24(23)28(32)40-18-10-14-36-6-2/h5-8,21-22H,1-4,9-20H2. The van der Waals surface area contributed by atoms with E-state index in [-0.39, 0.29) is 75.1 Å². The molecule has 0 N–H and O–H groups in total. The summed E-state index contributed by atoms with van der Waals surface area (Å²) < 4.78 is 41.1. The molecule has 0 saturated heterocycles. The molecule has 0 radical (unpaired) electrons. The zero-order valence-corrected chi connectivity index (χ0v) is 23.7. The fourth-order valence-corrected chi connectivity index (χ4v) is 3.15. The van der Waals surface area contributed by atoms with E-state index in [1.807, 2.05) is 0 Å². The van der Waals surface area contributed by atoms with Crippen molar-refractivity contribution in [2.45, 2.75) is 25.7 Å². The number of carbonyl (C=O) groups excluding carboxylic acids is 4. The topological polar surface area (TPSA) is 142 Å². The van der Waals surface area contributed by atoms with Crippen molar-refractivity contribution in [3.05, 3.63) is 85.8 Å². The van der Waals surface area contributed by atoms with E-state index in [0.717, 1.165) is 12.1 Å². The molecule has 42 heavy (non-hydrogen) atoms. The molecule has 230 valence electrons. The van der Waals surface area contributed by atoms with Gasteiger partial charge in [0.05, 0.1) is 100 Å². The second-order valence-electron chi connectivity index (χ2n) is 8.05. The highest BCUT2D eigenvalue weighted by Gasteiger charge is 2.29. The lowest BCUT2D eigenvalue weighted by atomic mass is 9.98. The zero-order valence-electron chi connectivity index (χ0n) is 23.7. The van der Waals surface area contributed by atoms with E-state index < -0.39 is 23.9 Å². The maximum atomic E-state index is 13.0. The largest absolute Gasteiger partial charge is 0.502 e. The van der Waals surface area contributed by atoms with E-state index in [1.165, 1.54) is 25.0 Å². The smallest absolute Gasteiger partial charge is 0.339 e. The maximum Gasteiger partial charge on any atom is 0.339 e. The number of carbonyl (C=O) groups is 4. The first-order chi connectivity index (χ1) is 20.4. The summed E-state index contributed by atoms with van der Waals surface area (Å²) in [6, 6.07) is 2.11. The fourth-order valence-electron chi connectivity index (χ4n) is 3.15. The molecule has 0 unspecified atom stereocenters. The third kappa shape index (κ3) is 13.6. The van der Waals surface area contributed by atoms with Crippen LogP contribution in [0.5, 0.6) is 0 Å². The van der Waals surface area contributed by atoms with Crippen molar-refractivity contribution in [2.75, 3.05) is 52.9 Å². The Bertz CT molecular complexity index is 900. The van der Waals surface area contributed by atoms with Crippen molar-refractivity contribution >= 4 is 23.9 Å². The number of esters is 4. The van der Waals surface area contributed by atoms with Crippen LogP contribution in [-0.2, 0) is 37.9 Å². The number of hydrogen-bond donors (Lipinski definition) is 0. The van der Waals surface area contributed by atoms with Crippen molar-refractivity contribution in [2.24, 2.45) is 0 Å². The molecule has 12 nitrogen and oxygen atoms in total. The molecule has 12 heteroatoms. The monoisotopic (exact) mass is 590 g/mol. The van der Waals surface area contributed by atoms with Gasteiger partial charge < -0.3 is 37.9 Å². The average Bonchev–Trinajstić information content (AvgIpc) is 2.99. The van der Waals surface area contributed by atoms with Crippen molar-refractivity contribution in [3.63, 3.8) is 0 Å². The van der Waals surface area contributed by atoms with Gasteiger partial charge in [0.2, 0.25) is 0 Å². The van der Waals surface area contributed by atoms with Gasteiger partial charge in [-0.2, -0.15) is 0 Å². The first kappa shape index (κ1) is 35.3. The van der Waals surface area contributed by atoms with Crippen molar-refractivity contribution in [1.29, 1.82) is 0 Å². The number of hydrogen-bond acceptors (Lipinski definition) is 12. The highest BCUT2D eigenvalue weighted by molar-refractivity contribution is 6.10. The van der Waals surface area contributed by atoms with Gasteiger partial charge in [0, 0.05) is 25.7 Å². The van der Waals surface area contributed by atoms with E-state index in [4.69, 9.17) is 37.9 Å². The molecule has 0 spiro atoms. The van der Waals surface area contributed by atoms with E-state index >= 15 is 0 Å². The molecule has 0 bridgehead atoms. The lowest BCUT2D eigenvalue weighted by molar-refractivity contribution is 0.0414. The van der Waals surface area contributed by atoms with Crippen LogP contribution in [-0.4, -0.2) is 76.7 Å². The molecule has 0 fully saturated rings. The van der Waals surface area contributed by atoms with Gasteiger partial charge in [-0.15, -0.1) is 0 Å². The minimum absolute atomic E-state index is 0.0558. The van der Waals surface area contributed by atoms with Gasteiger partial charge in [-0.3, -0.25) is 0 Å². The first-order valence-electron chi connectivity index (χ1n) is 13.2. The van der Waals surface area contributed by atoms with Gasteiger partial charge in [0.15, 0.2) is 0 Å². The second kappa shape index (κ2) is 22.0. The molecule has 0 heterocycles. The Morgan fingerprint density at radius 1 is 0.429 bits per heavy atom. The normalized spacial score (nSPS) is 9.90. The lowest BCUT2D eigenvalue weighted by Crippen LogP contribution is -2.21. The quantitative estimate of drug-likeness (QED) is 0.0723. The predicted octanol–water partition coefficient (Wildman–Crippen LogP) is 4.51. The van der Waals surface area contributed by atoms with E-state index in [2.05, 4.69) is 26.3 Å². The van der Waals surface area contributed by atoms with E-state index in [0.29, 0.717) is 25.7 Å². The van der Waals surface area contributed by atoms with Gasteiger partial charge in [-0.25, -0.2) is 19.2 Å². The summed E-state index contributed by atoms with van der Waals surface area (Å²) in [5.74, 6) is -3.70. The molecule has 0 aliphatic rings. The van der Waals surface area contributed by atoms with Crippen LogP contribution >= 0.6 is 0 Å². The third-order valence-corrected chi connectivity index (χ3v) is 5.07. The molecule has 0 atom stereocenters. The van der Waals surface area contributed by atoms with Crippen LogP contribution in [0.25, 0.3) is 0 Å². The fraction of sp³-hybridized carbons (Fsp3) is 0.400. The van der Waals surface area contributed by atoms with Crippen LogP contribution in [0.15, 0.2) is 63.5 Å². The van der Waals surface area contributed by atoms with Gasteiger partial charge in [0.1, 0.15) is 0 Å². The Hall–Kier alpha value is -4.74. The van der Waals surface area contributed by atoms with Gasteiger partial charge in [-0.1, -0.05) is 26.3 Å². The van der Waals surface area contributed by atoms with Crippen LogP contribution in [0, 0.1) is 0 Å². The molecule has 0 amide bonds. The SMILES string of the molecule is C=COCCCOC(=O)c1cc(C(=O)OCCCOC=C)c(C(=O)OCCCOC=C)cc1C(=O)OCCCOC=C. The summed E-state index contributed by atoms with van der Waals surface area (Å²) in [7, 11) is 0. The molecule has 0 aromatic heterocycles.